The van der Waals surface area contributed by atoms with Gasteiger partial charge in [0.05, 0.1) is 25.2 Å². The van der Waals surface area contributed by atoms with Crippen LogP contribution in [0.5, 0.6) is 0 Å². The third-order valence-corrected chi connectivity index (χ3v) is 3.85. The molecule has 0 unspecified atom stereocenters. The number of amides is 1. The minimum Gasteiger partial charge on any atom is -0.467 e. The van der Waals surface area contributed by atoms with Gasteiger partial charge in [-0.3, -0.25) is 4.79 Å². The average molecular weight is 300 g/mol. The number of carbonyl (C=O) groups excluding carboxylic acids is 1. The van der Waals surface area contributed by atoms with Gasteiger partial charge in [0.1, 0.15) is 17.3 Å². The number of furan rings is 1. The highest BCUT2D eigenvalue weighted by molar-refractivity contribution is 5.92. The topological polar surface area (TPSA) is 80.0 Å². The van der Waals surface area contributed by atoms with Crippen molar-refractivity contribution in [2.24, 2.45) is 0 Å². The molecular weight excluding hydrogens is 280 g/mol. The number of hydrogen-bond donors (Lipinski definition) is 2. The monoisotopic (exact) mass is 300 g/mol. The van der Waals surface area contributed by atoms with Crippen molar-refractivity contribution in [3.8, 4) is 0 Å². The van der Waals surface area contributed by atoms with Crippen LogP contribution in [0.2, 0.25) is 0 Å². The van der Waals surface area contributed by atoms with Gasteiger partial charge < -0.3 is 15.1 Å². The number of aromatic nitrogens is 2. The van der Waals surface area contributed by atoms with E-state index in [2.05, 4.69) is 20.6 Å². The first kappa shape index (κ1) is 14.6. The van der Waals surface area contributed by atoms with Crippen LogP contribution in [0.4, 0.5) is 5.82 Å². The molecule has 0 bridgehead atoms. The molecule has 116 valence electrons. The molecule has 1 aliphatic carbocycles. The summed E-state index contributed by atoms with van der Waals surface area (Å²) in [7, 11) is 0. The summed E-state index contributed by atoms with van der Waals surface area (Å²) >= 11 is 0. The number of anilines is 1. The summed E-state index contributed by atoms with van der Waals surface area (Å²) in [6.07, 6.45) is 10.5. The predicted molar refractivity (Wildman–Crippen MR) is 82.4 cm³/mol. The molecule has 6 nitrogen and oxygen atoms in total. The lowest BCUT2D eigenvalue weighted by Gasteiger charge is -2.22. The van der Waals surface area contributed by atoms with Crippen LogP contribution in [0.25, 0.3) is 0 Å². The standard InChI is InChI=1S/C16H20N4O2/c21-16(20-12-5-2-1-3-6-12)14-10-19-15(11-17-14)18-9-13-7-4-8-22-13/h4,7-8,10-12H,1-3,5-6,9H2,(H,18,19)(H,20,21). The minimum absolute atomic E-state index is 0.142. The van der Waals surface area contributed by atoms with Crippen molar-refractivity contribution >= 4 is 11.7 Å². The second-order valence-corrected chi connectivity index (χ2v) is 5.53. The minimum atomic E-state index is -0.142. The fraction of sp³-hybridized carbons (Fsp3) is 0.438. The molecule has 3 rings (SSSR count). The number of rotatable bonds is 5. The molecule has 1 saturated carbocycles. The van der Waals surface area contributed by atoms with E-state index >= 15 is 0 Å². The molecule has 0 spiro atoms. The van der Waals surface area contributed by atoms with Gasteiger partial charge in [-0.2, -0.15) is 0 Å². The van der Waals surface area contributed by atoms with Gasteiger partial charge in [0.15, 0.2) is 0 Å². The van der Waals surface area contributed by atoms with Crippen LogP contribution in [0.15, 0.2) is 35.2 Å². The van der Waals surface area contributed by atoms with Crippen LogP contribution in [-0.2, 0) is 6.54 Å². The summed E-state index contributed by atoms with van der Waals surface area (Å²) in [5.74, 6) is 1.29. The van der Waals surface area contributed by atoms with E-state index in [1.165, 1.54) is 25.5 Å². The third kappa shape index (κ3) is 3.84. The summed E-state index contributed by atoms with van der Waals surface area (Å²) < 4.78 is 5.23. The molecule has 0 aromatic carbocycles. The van der Waals surface area contributed by atoms with Crippen molar-refractivity contribution in [1.82, 2.24) is 15.3 Å². The van der Waals surface area contributed by atoms with Crippen LogP contribution in [0.3, 0.4) is 0 Å². The molecule has 0 aliphatic heterocycles. The maximum atomic E-state index is 12.1. The molecule has 2 N–H and O–H groups in total. The highest BCUT2D eigenvalue weighted by atomic mass is 16.3. The molecule has 1 aliphatic rings. The zero-order valence-corrected chi connectivity index (χ0v) is 12.4. The maximum Gasteiger partial charge on any atom is 0.271 e. The second kappa shape index (κ2) is 7.06. The van der Waals surface area contributed by atoms with Crippen molar-refractivity contribution in [3.05, 3.63) is 42.2 Å². The van der Waals surface area contributed by atoms with Crippen molar-refractivity contribution in [2.45, 2.75) is 44.7 Å². The molecule has 0 saturated heterocycles. The maximum absolute atomic E-state index is 12.1. The van der Waals surface area contributed by atoms with Crippen molar-refractivity contribution in [2.75, 3.05) is 5.32 Å². The number of hydrogen-bond acceptors (Lipinski definition) is 5. The Morgan fingerprint density at radius 2 is 2.09 bits per heavy atom. The van der Waals surface area contributed by atoms with Crippen LogP contribution < -0.4 is 10.6 Å². The Morgan fingerprint density at radius 1 is 1.23 bits per heavy atom. The molecule has 0 radical (unpaired) electrons. The van der Waals surface area contributed by atoms with Gasteiger partial charge in [0.25, 0.3) is 5.91 Å². The van der Waals surface area contributed by atoms with Crippen molar-refractivity contribution < 1.29 is 9.21 Å². The molecule has 0 atom stereocenters. The van der Waals surface area contributed by atoms with E-state index in [9.17, 15) is 4.79 Å². The molecule has 2 aromatic rings. The SMILES string of the molecule is O=C(NC1CCCCC1)c1cnc(NCc2ccco2)cn1. The average Bonchev–Trinajstić information content (AvgIpc) is 3.08. The van der Waals surface area contributed by atoms with E-state index in [4.69, 9.17) is 4.42 Å². The van der Waals surface area contributed by atoms with Crippen LogP contribution >= 0.6 is 0 Å². The Kier molecular flexibility index (Phi) is 4.68. The molecule has 1 fully saturated rings. The third-order valence-electron chi connectivity index (χ3n) is 3.85. The normalized spacial score (nSPS) is 15.5. The van der Waals surface area contributed by atoms with Crippen LogP contribution in [0.1, 0.15) is 48.4 Å². The Morgan fingerprint density at radius 3 is 2.77 bits per heavy atom. The highest BCUT2D eigenvalue weighted by Crippen LogP contribution is 2.17. The van der Waals surface area contributed by atoms with Crippen LogP contribution in [0, 0.1) is 0 Å². The van der Waals surface area contributed by atoms with E-state index in [-0.39, 0.29) is 11.9 Å². The fourth-order valence-corrected chi connectivity index (χ4v) is 2.63. The zero-order valence-electron chi connectivity index (χ0n) is 12.4. The predicted octanol–water partition coefficient (Wildman–Crippen LogP) is 2.74. The van der Waals surface area contributed by atoms with Crippen molar-refractivity contribution in [3.63, 3.8) is 0 Å². The summed E-state index contributed by atoms with van der Waals surface area (Å²) in [5, 5.41) is 6.13. The first-order chi connectivity index (χ1) is 10.8. The summed E-state index contributed by atoms with van der Waals surface area (Å²) in [4.78, 5) is 20.5. The lowest BCUT2D eigenvalue weighted by molar-refractivity contribution is 0.0922. The smallest absolute Gasteiger partial charge is 0.271 e. The van der Waals surface area contributed by atoms with Gasteiger partial charge in [-0.05, 0) is 25.0 Å². The molecule has 2 aromatic heterocycles. The van der Waals surface area contributed by atoms with Gasteiger partial charge in [-0.25, -0.2) is 9.97 Å². The zero-order chi connectivity index (χ0) is 15.2. The summed E-state index contributed by atoms with van der Waals surface area (Å²) in [5.41, 5.74) is 0.356. The Balaban J connectivity index is 1.52. The van der Waals surface area contributed by atoms with Gasteiger partial charge in [0.2, 0.25) is 0 Å². The first-order valence-electron chi connectivity index (χ1n) is 7.70. The second-order valence-electron chi connectivity index (χ2n) is 5.53. The molecule has 1 amide bonds. The Bertz CT molecular complexity index is 589. The van der Waals surface area contributed by atoms with E-state index in [1.807, 2.05) is 12.1 Å². The first-order valence-corrected chi connectivity index (χ1v) is 7.70. The van der Waals surface area contributed by atoms with E-state index in [0.29, 0.717) is 18.1 Å². The Labute approximate surface area is 129 Å². The quantitative estimate of drug-likeness (QED) is 0.887. The van der Waals surface area contributed by atoms with E-state index in [1.54, 1.807) is 12.5 Å². The van der Waals surface area contributed by atoms with Crippen LogP contribution in [-0.4, -0.2) is 21.9 Å². The lowest BCUT2D eigenvalue weighted by Crippen LogP contribution is -2.36. The number of nitrogens with zero attached hydrogens (tertiary/aromatic N) is 2. The summed E-state index contributed by atoms with van der Waals surface area (Å²) in [6, 6.07) is 3.99. The van der Waals surface area contributed by atoms with Gasteiger partial charge in [-0.1, -0.05) is 19.3 Å². The number of nitrogens with one attached hydrogen (secondary N) is 2. The highest BCUT2D eigenvalue weighted by Gasteiger charge is 2.17. The lowest BCUT2D eigenvalue weighted by atomic mass is 9.95. The van der Waals surface area contributed by atoms with Crippen molar-refractivity contribution in [1.29, 1.82) is 0 Å². The molecule has 2 heterocycles. The summed E-state index contributed by atoms with van der Waals surface area (Å²) in [6.45, 7) is 0.537. The van der Waals surface area contributed by atoms with E-state index < -0.39 is 0 Å². The van der Waals surface area contributed by atoms with Gasteiger partial charge >= 0.3 is 0 Å². The van der Waals surface area contributed by atoms with Gasteiger partial charge in [-0.15, -0.1) is 0 Å². The largest absolute Gasteiger partial charge is 0.467 e. The van der Waals surface area contributed by atoms with Gasteiger partial charge in [0, 0.05) is 6.04 Å². The van der Waals surface area contributed by atoms with E-state index in [0.717, 1.165) is 18.6 Å². The molecule has 6 heteroatoms. The Hall–Kier alpha value is -2.37. The fourth-order valence-electron chi connectivity index (χ4n) is 2.63. The molecule has 22 heavy (non-hydrogen) atoms. The molecular formula is C16H20N4O2. The number of carbonyl (C=O) groups is 1.